The molecule has 3 N–H and O–H groups in total. The molecule has 1 saturated carbocycles. The van der Waals surface area contributed by atoms with Gasteiger partial charge in [0.1, 0.15) is 23.2 Å². The van der Waals surface area contributed by atoms with Crippen LogP contribution < -0.4 is 0 Å². The second-order valence-electron chi connectivity index (χ2n) is 9.11. The molecule has 2 aromatic carbocycles. The average molecular weight is 439 g/mol. The zero-order chi connectivity index (χ0) is 23.9. The molecule has 0 radical (unpaired) electrons. The summed E-state index contributed by atoms with van der Waals surface area (Å²) >= 11 is 0. The van der Waals surface area contributed by atoms with Gasteiger partial charge < -0.3 is 15.3 Å². The fourth-order valence-electron chi connectivity index (χ4n) is 5.44. The molecule has 0 spiro atoms. The quantitative estimate of drug-likeness (QED) is 0.596. The number of aliphatic hydroxyl groups is 1. The van der Waals surface area contributed by atoms with E-state index < -0.39 is 52.4 Å². The number of benzene rings is 2. The van der Waals surface area contributed by atoms with Gasteiger partial charge in [-0.3, -0.25) is 24.1 Å². The number of Topliss-reactive ketones (excluding diaryl/α,β-unsaturated/α-hetero) is 4. The number of nitrogens with zero attached hydrogens (tertiary/aromatic N) is 1. The van der Waals surface area contributed by atoms with Crippen LogP contribution in [0.5, 0.6) is 11.5 Å². The van der Waals surface area contributed by atoms with E-state index in [1.807, 2.05) is 0 Å². The van der Waals surface area contributed by atoms with Gasteiger partial charge >= 0.3 is 0 Å². The molecule has 2 aliphatic carbocycles. The molecule has 1 fully saturated rings. The molecular formula is C24H25NO7. The lowest BCUT2D eigenvalue weighted by Crippen LogP contribution is -2.71. The van der Waals surface area contributed by atoms with Gasteiger partial charge in [0.25, 0.3) is 0 Å². The smallest absolute Gasteiger partial charge is 0.206 e. The van der Waals surface area contributed by atoms with Crippen LogP contribution in [0.2, 0.25) is 0 Å². The molecule has 0 aliphatic heterocycles. The third-order valence-electron chi connectivity index (χ3n) is 7.10. The fraction of sp³-hybridized carbons (Fsp3) is 0.417. The number of aryl methyl sites for hydroxylation is 2. The van der Waals surface area contributed by atoms with Crippen molar-refractivity contribution >= 4 is 33.9 Å². The molecule has 0 amide bonds. The highest BCUT2D eigenvalue weighted by molar-refractivity contribution is 6.33. The highest BCUT2D eigenvalue weighted by Crippen LogP contribution is 2.50. The molecule has 2 aromatic rings. The molecule has 0 bridgehead atoms. The molecule has 168 valence electrons. The third kappa shape index (κ3) is 2.56. The van der Waals surface area contributed by atoms with Gasteiger partial charge in [-0.25, -0.2) is 0 Å². The fourth-order valence-corrected chi connectivity index (χ4v) is 5.44. The summed E-state index contributed by atoms with van der Waals surface area (Å²) in [6.07, 6.45) is -0.0352. The zero-order valence-electron chi connectivity index (χ0n) is 18.5. The molecule has 2 aliphatic rings. The van der Waals surface area contributed by atoms with Crippen molar-refractivity contribution in [2.24, 2.45) is 11.8 Å². The summed E-state index contributed by atoms with van der Waals surface area (Å²) < 4.78 is 0. The predicted molar refractivity (Wildman–Crippen MR) is 115 cm³/mol. The SMILES string of the molecule is CC(=O)C1C(=O)C(N(C)C)C2Cc3c(c(O)c4c(O)c(C)ccc4c3C)C(=O)C2(O)C1=O. The van der Waals surface area contributed by atoms with Crippen molar-refractivity contribution < 1.29 is 34.5 Å². The van der Waals surface area contributed by atoms with Crippen molar-refractivity contribution in [1.82, 2.24) is 4.90 Å². The lowest BCUT2D eigenvalue weighted by Gasteiger charge is -2.48. The first-order valence-electron chi connectivity index (χ1n) is 10.3. The first-order valence-corrected chi connectivity index (χ1v) is 10.3. The van der Waals surface area contributed by atoms with E-state index in [4.69, 9.17) is 0 Å². The topological polar surface area (TPSA) is 132 Å². The summed E-state index contributed by atoms with van der Waals surface area (Å²) in [6.45, 7) is 4.44. The van der Waals surface area contributed by atoms with Crippen LogP contribution >= 0.6 is 0 Å². The van der Waals surface area contributed by atoms with Crippen LogP contribution in [0.4, 0.5) is 0 Å². The number of fused-ring (bicyclic) bond motifs is 3. The van der Waals surface area contributed by atoms with Crippen LogP contribution in [0.15, 0.2) is 12.1 Å². The van der Waals surface area contributed by atoms with Gasteiger partial charge in [0.15, 0.2) is 17.2 Å². The number of aromatic hydroxyl groups is 2. The van der Waals surface area contributed by atoms with Crippen LogP contribution in [0.1, 0.15) is 34.0 Å². The van der Waals surface area contributed by atoms with E-state index in [0.29, 0.717) is 22.1 Å². The summed E-state index contributed by atoms with van der Waals surface area (Å²) in [5.74, 6) is -7.20. The van der Waals surface area contributed by atoms with E-state index >= 15 is 0 Å². The van der Waals surface area contributed by atoms with E-state index in [-0.39, 0.29) is 23.1 Å². The number of phenolic OH excluding ortho intramolecular Hbond substituents is 2. The lowest BCUT2D eigenvalue weighted by atomic mass is 9.57. The van der Waals surface area contributed by atoms with Crippen LogP contribution in [0.25, 0.3) is 10.8 Å². The summed E-state index contributed by atoms with van der Waals surface area (Å²) in [7, 11) is 3.17. The Hall–Kier alpha value is -3.10. The number of likely N-dealkylation sites (N-methyl/N-ethyl adjacent to an activating group) is 1. The van der Waals surface area contributed by atoms with Crippen LogP contribution in [0.3, 0.4) is 0 Å². The van der Waals surface area contributed by atoms with Gasteiger partial charge in [0, 0.05) is 5.92 Å². The molecule has 4 atom stereocenters. The minimum atomic E-state index is -2.65. The average Bonchev–Trinajstić information content (AvgIpc) is 2.70. The maximum absolute atomic E-state index is 13.7. The van der Waals surface area contributed by atoms with Gasteiger partial charge in [-0.1, -0.05) is 12.1 Å². The number of phenols is 2. The van der Waals surface area contributed by atoms with Crippen molar-refractivity contribution in [2.45, 2.75) is 38.8 Å². The number of carbonyl (C=O) groups is 4. The van der Waals surface area contributed by atoms with E-state index in [2.05, 4.69) is 0 Å². The Kier molecular flexibility index (Phi) is 4.80. The van der Waals surface area contributed by atoms with Crippen molar-refractivity contribution in [3.8, 4) is 11.5 Å². The van der Waals surface area contributed by atoms with Gasteiger partial charge in [0.05, 0.1) is 17.0 Å². The number of rotatable bonds is 2. The molecular weight excluding hydrogens is 414 g/mol. The Balaban J connectivity index is 2.07. The van der Waals surface area contributed by atoms with Gasteiger partial charge in [0.2, 0.25) is 5.78 Å². The monoisotopic (exact) mass is 439 g/mol. The van der Waals surface area contributed by atoms with Crippen molar-refractivity contribution in [2.75, 3.05) is 14.1 Å². The van der Waals surface area contributed by atoms with Crippen molar-refractivity contribution in [3.63, 3.8) is 0 Å². The highest BCUT2D eigenvalue weighted by Gasteiger charge is 2.66. The summed E-state index contributed by atoms with van der Waals surface area (Å²) in [5, 5.41) is 33.7. The first kappa shape index (κ1) is 22.1. The van der Waals surface area contributed by atoms with Crippen LogP contribution in [-0.2, 0) is 20.8 Å². The lowest BCUT2D eigenvalue weighted by molar-refractivity contribution is -0.162. The van der Waals surface area contributed by atoms with Crippen molar-refractivity contribution in [1.29, 1.82) is 0 Å². The molecule has 32 heavy (non-hydrogen) atoms. The Labute approximate surface area is 184 Å². The van der Waals surface area contributed by atoms with Gasteiger partial charge in [-0.15, -0.1) is 0 Å². The van der Waals surface area contributed by atoms with Crippen molar-refractivity contribution in [3.05, 3.63) is 34.4 Å². The minimum absolute atomic E-state index is 0.0352. The summed E-state index contributed by atoms with van der Waals surface area (Å²) in [6, 6.07) is 2.36. The standard InChI is InChI=1S/C24H25NO7/c1-9-6-7-12-10(2)13-8-14-18(25(4)5)21(29)15(11(3)26)22(30)24(14,32)23(31)17(13)20(28)16(12)19(9)27/h6-7,14-15,18,27-28,32H,8H2,1-5H3. The van der Waals surface area contributed by atoms with E-state index in [1.54, 1.807) is 40.1 Å². The third-order valence-corrected chi connectivity index (χ3v) is 7.10. The number of hydrogen-bond donors (Lipinski definition) is 3. The Bertz CT molecular complexity index is 1250. The minimum Gasteiger partial charge on any atom is -0.507 e. The second kappa shape index (κ2) is 6.95. The molecule has 8 nitrogen and oxygen atoms in total. The maximum atomic E-state index is 13.7. The Morgan fingerprint density at radius 2 is 1.72 bits per heavy atom. The summed E-state index contributed by atoms with van der Waals surface area (Å²) in [4.78, 5) is 53.7. The second-order valence-corrected chi connectivity index (χ2v) is 9.11. The predicted octanol–water partition coefficient (Wildman–Crippen LogP) is 1.24. The van der Waals surface area contributed by atoms with Gasteiger partial charge in [-0.2, -0.15) is 0 Å². The molecule has 8 heteroatoms. The summed E-state index contributed by atoms with van der Waals surface area (Å²) in [5.41, 5.74) is -1.41. The first-order chi connectivity index (χ1) is 14.8. The Morgan fingerprint density at radius 3 is 2.28 bits per heavy atom. The molecule has 0 aromatic heterocycles. The zero-order valence-corrected chi connectivity index (χ0v) is 18.5. The normalized spacial score (nSPS) is 27.6. The largest absolute Gasteiger partial charge is 0.507 e. The number of ketones is 4. The Morgan fingerprint density at radius 1 is 1.09 bits per heavy atom. The molecule has 0 heterocycles. The molecule has 4 unspecified atom stereocenters. The van der Waals surface area contributed by atoms with E-state index in [1.165, 1.54) is 4.90 Å². The van der Waals surface area contributed by atoms with Crippen LogP contribution in [0, 0.1) is 25.7 Å². The maximum Gasteiger partial charge on any atom is 0.206 e. The van der Waals surface area contributed by atoms with E-state index in [0.717, 1.165) is 6.92 Å². The molecule has 0 saturated heterocycles. The number of hydrogen-bond acceptors (Lipinski definition) is 8. The number of carbonyl (C=O) groups excluding carboxylic acids is 4. The van der Waals surface area contributed by atoms with Crippen LogP contribution in [-0.4, -0.2) is 69.1 Å². The highest BCUT2D eigenvalue weighted by atomic mass is 16.3. The van der Waals surface area contributed by atoms with E-state index in [9.17, 15) is 34.5 Å². The van der Waals surface area contributed by atoms with Gasteiger partial charge in [-0.05, 0) is 63.4 Å². The molecule has 4 rings (SSSR count).